The Kier molecular flexibility index (Phi) is 4.46. The highest BCUT2D eigenvalue weighted by Crippen LogP contribution is 2.17. The maximum Gasteiger partial charge on any atom is 0.324 e. The molecule has 4 N–H and O–H groups in total. The number of benzene rings is 1. The van der Waals surface area contributed by atoms with E-state index in [9.17, 15) is 4.79 Å². The van der Waals surface area contributed by atoms with Crippen LogP contribution in [0.3, 0.4) is 0 Å². The van der Waals surface area contributed by atoms with E-state index in [0.717, 1.165) is 5.56 Å². The van der Waals surface area contributed by atoms with Crippen LogP contribution in [0.4, 0.5) is 0 Å². The lowest BCUT2D eigenvalue weighted by Gasteiger charge is -2.24. The van der Waals surface area contributed by atoms with E-state index in [2.05, 4.69) is 0 Å². The van der Waals surface area contributed by atoms with Crippen molar-refractivity contribution in [3.8, 4) is 0 Å². The first-order valence-electron chi connectivity index (χ1n) is 5.25. The number of aliphatic carboxylic acids is 1. The minimum atomic E-state index is -1.29. The van der Waals surface area contributed by atoms with E-state index >= 15 is 0 Å². The molecular weight excluding hydrogens is 206 g/mol. The third-order valence-corrected chi connectivity index (χ3v) is 2.57. The zero-order valence-corrected chi connectivity index (χ0v) is 9.10. The highest BCUT2D eigenvalue weighted by Gasteiger charge is 2.33. The van der Waals surface area contributed by atoms with Gasteiger partial charge in [0.2, 0.25) is 0 Å². The Morgan fingerprint density at radius 2 is 1.94 bits per heavy atom. The van der Waals surface area contributed by atoms with Crippen LogP contribution in [0.25, 0.3) is 0 Å². The number of nitrogens with two attached hydrogens (primary N) is 1. The number of rotatable bonds is 6. The summed E-state index contributed by atoms with van der Waals surface area (Å²) in [5, 5.41) is 17.8. The first-order chi connectivity index (χ1) is 7.58. The van der Waals surface area contributed by atoms with Crippen molar-refractivity contribution >= 4 is 5.97 Å². The predicted octanol–water partition coefficient (Wildman–Crippen LogP) is 0.784. The van der Waals surface area contributed by atoms with Crippen molar-refractivity contribution in [2.45, 2.75) is 24.8 Å². The van der Waals surface area contributed by atoms with Gasteiger partial charge in [0.05, 0.1) is 0 Å². The molecule has 1 atom stereocenters. The summed E-state index contributed by atoms with van der Waals surface area (Å²) in [4.78, 5) is 11.1. The third-order valence-electron chi connectivity index (χ3n) is 2.57. The van der Waals surface area contributed by atoms with Gasteiger partial charge in [0.25, 0.3) is 0 Å². The summed E-state index contributed by atoms with van der Waals surface area (Å²) in [7, 11) is 0. The summed E-state index contributed by atoms with van der Waals surface area (Å²) in [6, 6.07) is 9.27. The van der Waals surface area contributed by atoms with Crippen LogP contribution in [0.1, 0.15) is 18.4 Å². The molecule has 1 unspecified atom stereocenters. The van der Waals surface area contributed by atoms with Gasteiger partial charge in [-0.2, -0.15) is 0 Å². The third kappa shape index (κ3) is 3.32. The molecule has 1 aromatic carbocycles. The number of hydrogen-bond donors (Lipinski definition) is 3. The standard InChI is InChI=1S/C12H17NO3/c13-12(11(15)16,7-4-8-14)9-10-5-2-1-3-6-10/h1-3,5-6,14H,4,7-9,13H2,(H,15,16). The van der Waals surface area contributed by atoms with Gasteiger partial charge in [0.1, 0.15) is 5.54 Å². The number of carbonyl (C=O) groups is 1. The molecule has 0 aliphatic heterocycles. The summed E-state index contributed by atoms with van der Waals surface area (Å²) < 4.78 is 0. The summed E-state index contributed by atoms with van der Waals surface area (Å²) in [5.41, 5.74) is 5.45. The molecule has 0 bridgehead atoms. The second kappa shape index (κ2) is 5.63. The number of hydrogen-bond acceptors (Lipinski definition) is 3. The van der Waals surface area contributed by atoms with Gasteiger partial charge >= 0.3 is 5.97 Å². The molecule has 0 spiro atoms. The fraction of sp³-hybridized carbons (Fsp3) is 0.417. The second-order valence-corrected chi connectivity index (χ2v) is 3.95. The van der Waals surface area contributed by atoms with E-state index in [-0.39, 0.29) is 19.4 Å². The summed E-state index contributed by atoms with van der Waals surface area (Å²) in [6.07, 6.45) is 0.951. The maximum atomic E-state index is 11.1. The lowest BCUT2D eigenvalue weighted by Crippen LogP contribution is -2.50. The van der Waals surface area contributed by atoms with E-state index < -0.39 is 11.5 Å². The molecule has 0 aromatic heterocycles. The van der Waals surface area contributed by atoms with Crippen molar-refractivity contribution in [2.75, 3.05) is 6.61 Å². The van der Waals surface area contributed by atoms with Gasteiger partial charge < -0.3 is 15.9 Å². The van der Waals surface area contributed by atoms with E-state index in [4.69, 9.17) is 15.9 Å². The first-order valence-corrected chi connectivity index (χ1v) is 5.25. The number of aliphatic hydroxyl groups excluding tert-OH is 1. The molecule has 88 valence electrons. The summed E-state index contributed by atoms with van der Waals surface area (Å²) in [6.45, 7) is -0.0407. The minimum absolute atomic E-state index is 0.0407. The molecular formula is C12H17NO3. The highest BCUT2D eigenvalue weighted by molar-refractivity contribution is 5.78. The zero-order chi connectivity index (χ0) is 12.0. The molecule has 1 aromatic rings. The quantitative estimate of drug-likeness (QED) is 0.665. The molecule has 16 heavy (non-hydrogen) atoms. The lowest BCUT2D eigenvalue weighted by molar-refractivity contribution is -0.143. The van der Waals surface area contributed by atoms with Gasteiger partial charge in [-0.05, 0) is 18.4 Å². The number of carboxylic acid groups (broad SMARTS) is 1. The second-order valence-electron chi connectivity index (χ2n) is 3.95. The van der Waals surface area contributed by atoms with Gasteiger partial charge in [-0.3, -0.25) is 4.79 Å². The fourth-order valence-corrected chi connectivity index (χ4v) is 1.63. The highest BCUT2D eigenvalue weighted by atomic mass is 16.4. The monoisotopic (exact) mass is 223 g/mol. The molecule has 1 rings (SSSR count). The SMILES string of the molecule is NC(CCCO)(Cc1ccccc1)C(=O)O. The van der Waals surface area contributed by atoms with Gasteiger partial charge in [-0.1, -0.05) is 30.3 Å². The zero-order valence-electron chi connectivity index (χ0n) is 9.10. The number of aliphatic hydroxyl groups is 1. The molecule has 0 fully saturated rings. The topological polar surface area (TPSA) is 83.5 Å². The van der Waals surface area contributed by atoms with E-state index in [0.29, 0.717) is 6.42 Å². The van der Waals surface area contributed by atoms with Crippen LogP contribution in [-0.2, 0) is 11.2 Å². The van der Waals surface area contributed by atoms with Gasteiger partial charge in [-0.15, -0.1) is 0 Å². The van der Waals surface area contributed by atoms with Crippen LogP contribution in [0, 0.1) is 0 Å². The molecule has 0 amide bonds. The Bertz CT molecular complexity index is 339. The van der Waals surface area contributed by atoms with E-state index in [1.807, 2.05) is 30.3 Å². The predicted molar refractivity (Wildman–Crippen MR) is 61.0 cm³/mol. The Labute approximate surface area is 94.7 Å². The van der Waals surface area contributed by atoms with Crippen molar-refractivity contribution in [1.82, 2.24) is 0 Å². The van der Waals surface area contributed by atoms with Gasteiger partial charge in [0, 0.05) is 13.0 Å². The van der Waals surface area contributed by atoms with Crippen LogP contribution in [0.5, 0.6) is 0 Å². The van der Waals surface area contributed by atoms with Crippen LogP contribution in [0.2, 0.25) is 0 Å². The molecule has 0 saturated heterocycles. The van der Waals surface area contributed by atoms with Crippen molar-refractivity contribution in [1.29, 1.82) is 0 Å². The van der Waals surface area contributed by atoms with Crippen LogP contribution >= 0.6 is 0 Å². The Morgan fingerprint density at radius 1 is 1.31 bits per heavy atom. The van der Waals surface area contributed by atoms with Gasteiger partial charge in [-0.25, -0.2) is 0 Å². The number of carboxylic acids is 1. The maximum absolute atomic E-state index is 11.1. The van der Waals surface area contributed by atoms with Crippen LogP contribution in [-0.4, -0.2) is 28.3 Å². The van der Waals surface area contributed by atoms with Gasteiger partial charge in [0.15, 0.2) is 0 Å². The molecule has 4 nitrogen and oxygen atoms in total. The fourth-order valence-electron chi connectivity index (χ4n) is 1.63. The minimum Gasteiger partial charge on any atom is -0.480 e. The Hall–Kier alpha value is -1.39. The largest absolute Gasteiger partial charge is 0.480 e. The molecule has 0 aliphatic rings. The Morgan fingerprint density at radius 3 is 2.44 bits per heavy atom. The van der Waals surface area contributed by atoms with Crippen LogP contribution in [0.15, 0.2) is 30.3 Å². The Balaban J connectivity index is 2.75. The molecule has 0 heterocycles. The van der Waals surface area contributed by atoms with Crippen molar-refractivity contribution in [2.24, 2.45) is 5.73 Å². The first kappa shape index (κ1) is 12.7. The van der Waals surface area contributed by atoms with Crippen LogP contribution < -0.4 is 5.73 Å². The average Bonchev–Trinajstić information content (AvgIpc) is 2.27. The lowest BCUT2D eigenvalue weighted by atomic mass is 9.87. The molecule has 0 aliphatic carbocycles. The van der Waals surface area contributed by atoms with Crippen molar-refractivity contribution in [3.05, 3.63) is 35.9 Å². The summed E-state index contributed by atoms with van der Waals surface area (Å²) in [5.74, 6) is -1.02. The normalized spacial score (nSPS) is 14.4. The smallest absolute Gasteiger partial charge is 0.324 e. The molecule has 4 heteroatoms. The van der Waals surface area contributed by atoms with E-state index in [1.54, 1.807) is 0 Å². The molecule has 0 saturated carbocycles. The van der Waals surface area contributed by atoms with Crippen molar-refractivity contribution < 1.29 is 15.0 Å². The van der Waals surface area contributed by atoms with Crippen molar-refractivity contribution in [3.63, 3.8) is 0 Å². The molecule has 0 radical (unpaired) electrons. The summed E-state index contributed by atoms with van der Waals surface area (Å²) >= 11 is 0. The average molecular weight is 223 g/mol. The van der Waals surface area contributed by atoms with E-state index in [1.165, 1.54) is 0 Å².